The lowest BCUT2D eigenvalue weighted by Gasteiger charge is -2.21. The van der Waals surface area contributed by atoms with Gasteiger partial charge in [0.25, 0.3) is 0 Å². The number of carbonyl (C=O) groups excluding carboxylic acids is 1. The SMILES string of the molecule is N#C[C@@H]1C[C@@H]2CC2N1C(=O)CCl. The molecule has 0 aromatic rings. The molecule has 64 valence electrons. The lowest BCUT2D eigenvalue weighted by atomic mass is 10.2. The van der Waals surface area contributed by atoms with Gasteiger partial charge in [-0.05, 0) is 18.8 Å². The number of piperidine rings is 1. The number of likely N-dealkylation sites (tertiary alicyclic amines) is 1. The molecule has 1 saturated carbocycles. The topological polar surface area (TPSA) is 44.1 Å². The Morgan fingerprint density at radius 2 is 2.42 bits per heavy atom. The third-order valence-corrected chi connectivity index (χ3v) is 2.88. The van der Waals surface area contributed by atoms with Crippen LogP contribution in [0.4, 0.5) is 0 Å². The maximum absolute atomic E-state index is 11.3. The summed E-state index contributed by atoms with van der Waals surface area (Å²) in [4.78, 5) is 12.9. The second kappa shape index (κ2) is 2.63. The van der Waals surface area contributed by atoms with Gasteiger partial charge in [-0.1, -0.05) is 0 Å². The molecule has 0 aromatic heterocycles. The van der Waals surface area contributed by atoms with E-state index in [0.29, 0.717) is 12.0 Å². The number of nitrogens with zero attached hydrogens (tertiary/aromatic N) is 2. The average molecular weight is 185 g/mol. The molecule has 1 unspecified atom stereocenters. The van der Waals surface area contributed by atoms with Crippen molar-refractivity contribution in [3.63, 3.8) is 0 Å². The Kier molecular flexibility index (Phi) is 1.73. The van der Waals surface area contributed by atoms with Crippen molar-refractivity contribution in [2.75, 3.05) is 5.88 Å². The summed E-state index contributed by atoms with van der Waals surface area (Å²) in [6.45, 7) is 0. The lowest BCUT2D eigenvalue weighted by molar-refractivity contribution is -0.129. The fraction of sp³-hybridized carbons (Fsp3) is 0.750. The number of halogens is 1. The van der Waals surface area contributed by atoms with Crippen molar-refractivity contribution < 1.29 is 4.79 Å². The smallest absolute Gasteiger partial charge is 0.238 e. The molecule has 1 amide bonds. The Morgan fingerprint density at radius 1 is 1.67 bits per heavy atom. The van der Waals surface area contributed by atoms with Crippen LogP contribution >= 0.6 is 11.6 Å². The lowest BCUT2D eigenvalue weighted by Crippen LogP contribution is -2.38. The number of hydrogen-bond acceptors (Lipinski definition) is 2. The molecule has 0 bridgehead atoms. The highest BCUT2D eigenvalue weighted by atomic mass is 35.5. The standard InChI is InChI=1S/C8H9ClN2O/c9-3-8(12)11-6(4-10)1-5-2-7(5)11/h5-7H,1-3H2/t5-,6+,7?/m1/s1. The summed E-state index contributed by atoms with van der Waals surface area (Å²) >= 11 is 5.44. The molecule has 0 N–H and O–H groups in total. The van der Waals surface area contributed by atoms with Crippen LogP contribution in [0.2, 0.25) is 0 Å². The number of alkyl halides is 1. The Bertz CT molecular complexity index is 260. The molecule has 3 atom stereocenters. The molecule has 1 aliphatic carbocycles. The minimum atomic E-state index is -0.208. The molecule has 0 radical (unpaired) electrons. The first-order valence-corrected chi connectivity index (χ1v) is 4.58. The van der Waals surface area contributed by atoms with E-state index in [1.165, 1.54) is 0 Å². The van der Waals surface area contributed by atoms with Crippen LogP contribution in [0.5, 0.6) is 0 Å². The molecule has 1 heterocycles. The molecule has 12 heavy (non-hydrogen) atoms. The van der Waals surface area contributed by atoms with E-state index in [1.54, 1.807) is 4.90 Å². The predicted molar refractivity (Wildman–Crippen MR) is 43.5 cm³/mol. The van der Waals surface area contributed by atoms with Crippen LogP contribution < -0.4 is 0 Å². The zero-order chi connectivity index (χ0) is 8.72. The first kappa shape index (κ1) is 7.88. The fourth-order valence-corrected chi connectivity index (χ4v) is 2.14. The van der Waals surface area contributed by atoms with E-state index in [4.69, 9.17) is 16.9 Å². The molecule has 0 spiro atoms. The van der Waals surface area contributed by atoms with Gasteiger partial charge in [0.1, 0.15) is 11.9 Å². The van der Waals surface area contributed by atoms with Crippen LogP contribution in [0.1, 0.15) is 12.8 Å². The first-order valence-electron chi connectivity index (χ1n) is 4.04. The average Bonchev–Trinajstić information content (AvgIpc) is 2.76. The second-order valence-electron chi connectivity index (χ2n) is 3.38. The Balaban J connectivity index is 2.12. The van der Waals surface area contributed by atoms with Crippen molar-refractivity contribution in [2.45, 2.75) is 24.9 Å². The van der Waals surface area contributed by atoms with Gasteiger partial charge < -0.3 is 4.90 Å². The normalized spacial score (nSPS) is 37.3. The van der Waals surface area contributed by atoms with E-state index >= 15 is 0 Å². The van der Waals surface area contributed by atoms with Crippen LogP contribution in [-0.4, -0.2) is 28.8 Å². The Hall–Kier alpha value is -0.750. The van der Waals surface area contributed by atoms with Crippen molar-refractivity contribution in [1.82, 2.24) is 4.90 Å². The number of carbonyl (C=O) groups is 1. The number of rotatable bonds is 1. The van der Waals surface area contributed by atoms with Gasteiger partial charge in [0.05, 0.1) is 6.07 Å². The van der Waals surface area contributed by atoms with Crippen LogP contribution in [-0.2, 0) is 4.79 Å². The molecule has 0 aromatic carbocycles. The number of fused-ring (bicyclic) bond motifs is 1. The molecule has 2 fully saturated rings. The van der Waals surface area contributed by atoms with Gasteiger partial charge in [-0.2, -0.15) is 5.26 Å². The van der Waals surface area contributed by atoms with Crippen molar-refractivity contribution in [1.29, 1.82) is 5.26 Å². The van der Waals surface area contributed by atoms with Crippen LogP contribution in [0.25, 0.3) is 0 Å². The van der Waals surface area contributed by atoms with Crippen LogP contribution in [0, 0.1) is 17.2 Å². The van der Waals surface area contributed by atoms with E-state index in [2.05, 4.69) is 6.07 Å². The molecule has 4 heteroatoms. The quantitative estimate of drug-likeness (QED) is 0.565. The summed E-state index contributed by atoms with van der Waals surface area (Å²) in [6.07, 6.45) is 1.92. The summed E-state index contributed by atoms with van der Waals surface area (Å²) in [7, 11) is 0. The molecular formula is C8H9ClN2O. The molecular weight excluding hydrogens is 176 g/mol. The Labute approximate surface area is 75.9 Å². The molecule has 3 nitrogen and oxygen atoms in total. The molecule has 1 aliphatic heterocycles. The monoisotopic (exact) mass is 184 g/mol. The van der Waals surface area contributed by atoms with Crippen molar-refractivity contribution in [2.24, 2.45) is 5.92 Å². The maximum Gasteiger partial charge on any atom is 0.238 e. The predicted octanol–water partition coefficient (Wildman–Crippen LogP) is 0.738. The van der Waals surface area contributed by atoms with Gasteiger partial charge in [-0.3, -0.25) is 4.79 Å². The van der Waals surface area contributed by atoms with Gasteiger partial charge in [0.2, 0.25) is 5.91 Å². The third-order valence-electron chi connectivity index (χ3n) is 2.66. The zero-order valence-corrected chi connectivity index (χ0v) is 7.29. The van der Waals surface area contributed by atoms with E-state index in [9.17, 15) is 4.79 Å². The van der Waals surface area contributed by atoms with Gasteiger partial charge in [-0.15, -0.1) is 11.6 Å². The minimum absolute atomic E-state index is 0.00139. The van der Waals surface area contributed by atoms with E-state index in [1.807, 2.05) is 0 Å². The van der Waals surface area contributed by atoms with Gasteiger partial charge in [0, 0.05) is 6.04 Å². The summed E-state index contributed by atoms with van der Waals surface area (Å²) < 4.78 is 0. The summed E-state index contributed by atoms with van der Waals surface area (Å²) in [5, 5.41) is 8.73. The molecule has 2 rings (SSSR count). The summed E-state index contributed by atoms with van der Waals surface area (Å²) in [5.74, 6) is 0.497. The Morgan fingerprint density at radius 3 is 3.00 bits per heavy atom. The van der Waals surface area contributed by atoms with Crippen LogP contribution in [0.3, 0.4) is 0 Å². The van der Waals surface area contributed by atoms with E-state index < -0.39 is 0 Å². The van der Waals surface area contributed by atoms with Crippen molar-refractivity contribution >= 4 is 17.5 Å². The zero-order valence-electron chi connectivity index (χ0n) is 6.53. The van der Waals surface area contributed by atoms with E-state index in [0.717, 1.165) is 12.8 Å². The highest BCUT2D eigenvalue weighted by Crippen LogP contribution is 2.47. The molecule has 1 saturated heterocycles. The van der Waals surface area contributed by atoms with E-state index in [-0.39, 0.29) is 17.8 Å². The van der Waals surface area contributed by atoms with Crippen LogP contribution in [0.15, 0.2) is 0 Å². The van der Waals surface area contributed by atoms with Crippen molar-refractivity contribution in [3.8, 4) is 6.07 Å². The number of amides is 1. The molecule has 2 aliphatic rings. The summed E-state index contributed by atoms with van der Waals surface area (Å²) in [6, 6.07) is 2.26. The highest BCUT2D eigenvalue weighted by molar-refractivity contribution is 6.27. The second-order valence-corrected chi connectivity index (χ2v) is 3.65. The number of nitriles is 1. The fourth-order valence-electron chi connectivity index (χ4n) is 2.00. The first-order chi connectivity index (χ1) is 5.77. The van der Waals surface area contributed by atoms with Gasteiger partial charge >= 0.3 is 0 Å². The largest absolute Gasteiger partial charge is 0.322 e. The number of hydrogen-bond donors (Lipinski definition) is 0. The van der Waals surface area contributed by atoms with Gasteiger partial charge in [0.15, 0.2) is 0 Å². The summed E-state index contributed by atoms with van der Waals surface area (Å²) in [5.41, 5.74) is 0. The maximum atomic E-state index is 11.3. The highest BCUT2D eigenvalue weighted by Gasteiger charge is 2.53. The van der Waals surface area contributed by atoms with Crippen molar-refractivity contribution in [3.05, 3.63) is 0 Å². The minimum Gasteiger partial charge on any atom is -0.322 e. The third kappa shape index (κ3) is 0.987. The van der Waals surface area contributed by atoms with Gasteiger partial charge in [-0.25, -0.2) is 0 Å².